The van der Waals surface area contributed by atoms with E-state index in [1.807, 2.05) is 0 Å². The van der Waals surface area contributed by atoms with E-state index >= 15 is 0 Å². The van der Waals surface area contributed by atoms with Crippen molar-refractivity contribution in [1.82, 2.24) is 0 Å². The number of aromatic carboxylic acids is 1. The van der Waals surface area contributed by atoms with E-state index in [2.05, 4.69) is 0 Å². The van der Waals surface area contributed by atoms with E-state index in [4.69, 9.17) is 5.11 Å². The molecule has 1 aromatic rings. The van der Waals surface area contributed by atoms with E-state index in [1.54, 1.807) is 6.92 Å². The van der Waals surface area contributed by atoms with Crippen LogP contribution in [0.5, 0.6) is 0 Å². The number of hydrogen-bond acceptors (Lipinski definition) is 2. The van der Waals surface area contributed by atoms with Crippen LogP contribution in [-0.4, -0.2) is 11.1 Å². The SMILES string of the molecule is Cc1sc(C(=O)O)cc1F. The van der Waals surface area contributed by atoms with E-state index in [1.165, 1.54) is 0 Å². The molecule has 10 heavy (non-hydrogen) atoms. The van der Waals surface area contributed by atoms with Crippen LogP contribution in [-0.2, 0) is 0 Å². The summed E-state index contributed by atoms with van der Waals surface area (Å²) in [7, 11) is 0. The first-order chi connectivity index (χ1) is 4.61. The summed E-state index contributed by atoms with van der Waals surface area (Å²) in [5.41, 5.74) is 0. The van der Waals surface area contributed by atoms with Gasteiger partial charge in [0.1, 0.15) is 10.7 Å². The molecule has 1 N–H and O–H groups in total. The summed E-state index contributed by atoms with van der Waals surface area (Å²) in [5.74, 6) is -1.51. The molecule has 0 amide bonds. The molecule has 0 radical (unpaired) electrons. The van der Waals surface area contributed by atoms with Crippen LogP contribution >= 0.6 is 11.3 Å². The summed E-state index contributed by atoms with van der Waals surface area (Å²) in [6.45, 7) is 1.55. The first kappa shape index (κ1) is 7.21. The highest BCUT2D eigenvalue weighted by Gasteiger charge is 2.09. The molecule has 0 bridgehead atoms. The molecular weight excluding hydrogens is 155 g/mol. The highest BCUT2D eigenvalue weighted by molar-refractivity contribution is 7.13. The Bertz CT molecular complexity index is 247. The van der Waals surface area contributed by atoms with Crippen molar-refractivity contribution in [2.45, 2.75) is 6.92 Å². The van der Waals surface area contributed by atoms with Crippen molar-refractivity contribution < 1.29 is 14.3 Å². The molecule has 0 aliphatic rings. The van der Waals surface area contributed by atoms with Crippen LogP contribution in [0.15, 0.2) is 6.07 Å². The third-order valence-electron chi connectivity index (χ3n) is 1.07. The summed E-state index contributed by atoms with van der Waals surface area (Å²) in [6, 6.07) is 1.03. The van der Waals surface area contributed by atoms with Crippen molar-refractivity contribution in [3.63, 3.8) is 0 Å². The van der Waals surface area contributed by atoms with Crippen LogP contribution in [0, 0.1) is 12.7 Å². The van der Waals surface area contributed by atoms with Crippen molar-refractivity contribution in [1.29, 1.82) is 0 Å². The number of rotatable bonds is 1. The zero-order chi connectivity index (χ0) is 7.72. The third-order valence-corrected chi connectivity index (χ3v) is 2.08. The van der Waals surface area contributed by atoms with E-state index in [-0.39, 0.29) is 4.88 Å². The minimum atomic E-state index is -1.07. The first-order valence-electron chi connectivity index (χ1n) is 2.60. The molecule has 1 heterocycles. The van der Waals surface area contributed by atoms with Gasteiger partial charge >= 0.3 is 5.97 Å². The highest BCUT2D eigenvalue weighted by atomic mass is 32.1. The molecule has 0 unspecified atom stereocenters. The largest absolute Gasteiger partial charge is 0.477 e. The second kappa shape index (κ2) is 2.38. The van der Waals surface area contributed by atoms with E-state index in [0.717, 1.165) is 17.4 Å². The number of carboxylic acid groups (broad SMARTS) is 1. The number of carboxylic acids is 1. The summed E-state index contributed by atoms with van der Waals surface area (Å²) in [4.78, 5) is 10.7. The summed E-state index contributed by atoms with van der Waals surface area (Å²) in [5, 5.41) is 8.37. The van der Waals surface area contributed by atoms with Gasteiger partial charge in [0, 0.05) is 4.88 Å². The Hall–Kier alpha value is -0.900. The maximum Gasteiger partial charge on any atom is 0.345 e. The number of carbonyl (C=O) groups is 1. The van der Waals surface area contributed by atoms with Crippen LogP contribution in [0.25, 0.3) is 0 Å². The van der Waals surface area contributed by atoms with Crippen molar-refractivity contribution >= 4 is 17.3 Å². The molecule has 0 aromatic carbocycles. The fourth-order valence-corrected chi connectivity index (χ4v) is 1.30. The molecule has 0 saturated heterocycles. The quantitative estimate of drug-likeness (QED) is 0.681. The number of thiophene rings is 1. The Kier molecular flexibility index (Phi) is 1.72. The van der Waals surface area contributed by atoms with E-state index in [9.17, 15) is 9.18 Å². The van der Waals surface area contributed by atoms with Gasteiger partial charge < -0.3 is 5.11 Å². The Balaban J connectivity index is 3.10. The van der Waals surface area contributed by atoms with Gasteiger partial charge in [0.2, 0.25) is 0 Å². The second-order valence-corrected chi connectivity index (χ2v) is 3.08. The molecule has 2 nitrogen and oxygen atoms in total. The van der Waals surface area contributed by atoms with Gasteiger partial charge in [-0.15, -0.1) is 11.3 Å². The second-order valence-electron chi connectivity index (χ2n) is 1.82. The molecule has 0 aliphatic heterocycles. The van der Waals surface area contributed by atoms with Crippen molar-refractivity contribution in [2.24, 2.45) is 0 Å². The maximum atomic E-state index is 12.4. The van der Waals surface area contributed by atoms with Crippen LogP contribution < -0.4 is 0 Å². The lowest BCUT2D eigenvalue weighted by Crippen LogP contribution is -1.89. The lowest BCUT2D eigenvalue weighted by Gasteiger charge is -1.79. The average Bonchev–Trinajstić information content (AvgIpc) is 2.13. The Morgan fingerprint density at radius 2 is 2.40 bits per heavy atom. The normalized spacial score (nSPS) is 9.80. The lowest BCUT2D eigenvalue weighted by molar-refractivity contribution is 0.0702. The van der Waals surface area contributed by atoms with Gasteiger partial charge in [-0.05, 0) is 13.0 Å². The van der Waals surface area contributed by atoms with Crippen molar-refractivity contribution in [2.75, 3.05) is 0 Å². The number of hydrogen-bond donors (Lipinski definition) is 1. The van der Waals surface area contributed by atoms with Crippen LogP contribution in [0.2, 0.25) is 0 Å². The third kappa shape index (κ3) is 1.16. The Morgan fingerprint density at radius 3 is 2.60 bits per heavy atom. The van der Waals surface area contributed by atoms with E-state index < -0.39 is 11.8 Å². The fraction of sp³-hybridized carbons (Fsp3) is 0.167. The average molecular weight is 160 g/mol. The monoisotopic (exact) mass is 160 g/mol. The lowest BCUT2D eigenvalue weighted by atomic mass is 10.4. The van der Waals surface area contributed by atoms with Gasteiger partial charge in [-0.1, -0.05) is 0 Å². The van der Waals surface area contributed by atoms with Gasteiger partial charge in [-0.25, -0.2) is 9.18 Å². The molecule has 0 spiro atoms. The van der Waals surface area contributed by atoms with Gasteiger partial charge in [0.15, 0.2) is 0 Å². The predicted molar refractivity (Wildman–Crippen MR) is 36.0 cm³/mol. The molecular formula is C6H5FO2S. The highest BCUT2D eigenvalue weighted by Crippen LogP contribution is 2.19. The van der Waals surface area contributed by atoms with Gasteiger partial charge in [0.05, 0.1) is 0 Å². The van der Waals surface area contributed by atoms with E-state index in [0.29, 0.717) is 4.88 Å². The molecule has 0 atom stereocenters. The zero-order valence-electron chi connectivity index (χ0n) is 5.22. The smallest absolute Gasteiger partial charge is 0.345 e. The van der Waals surface area contributed by atoms with Crippen molar-refractivity contribution in [3.8, 4) is 0 Å². The first-order valence-corrected chi connectivity index (χ1v) is 3.42. The van der Waals surface area contributed by atoms with Gasteiger partial charge in [0.25, 0.3) is 0 Å². The topological polar surface area (TPSA) is 37.3 Å². The van der Waals surface area contributed by atoms with Crippen LogP contribution in [0.4, 0.5) is 4.39 Å². The fourth-order valence-electron chi connectivity index (χ4n) is 0.565. The minimum absolute atomic E-state index is 0.0509. The Labute approximate surface area is 60.9 Å². The van der Waals surface area contributed by atoms with Crippen LogP contribution in [0.1, 0.15) is 14.5 Å². The Morgan fingerprint density at radius 1 is 1.80 bits per heavy atom. The molecule has 0 saturated carbocycles. The standard InChI is InChI=1S/C6H5FO2S/c1-3-4(7)2-5(10-3)6(8)9/h2H,1H3,(H,8,9). The summed E-state index contributed by atoms with van der Waals surface area (Å²) < 4.78 is 12.4. The van der Waals surface area contributed by atoms with Gasteiger partial charge in [-0.3, -0.25) is 0 Å². The molecule has 0 fully saturated rings. The summed E-state index contributed by atoms with van der Waals surface area (Å²) in [6.07, 6.45) is 0. The predicted octanol–water partition coefficient (Wildman–Crippen LogP) is 1.89. The minimum Gasteiger partial charge on any atom is -0.477 e. The molecule has 1 aromatic heterocycles. The molecule has 4 heteroatoms. The molecule has 1 rings (SSSR count). The summed E-state index contributed by atoms with van der Waals surface area (Å²) >= 11 is 0.948. The van der Waals surface area contributed by atoms with Crippen LogP contribution in [0.3, 0.4) is 0 Å². The maximum absolute atomic E-state index is 12.4. The van der Waals surface area contributed by atoms with Gasteiger partial charge in [-0.2, -0.15) is 0 Å². The molecule has 54 valence electrons. The zero-order valence-corrected chi connectivity index (χ0v) is 6.04. The van der Waals surface area contributed by atoms with Crippen molar-refractivity contribution in [3.05, 3.63) is 21.6 Å². The number of aryl methyl sites for hydroxylation is 1. The number of halogens is 1. The molecule has 0 aliphatic carbocycles.